The highest BCUT2D eigenvalue weighted by Gasteiger charge is 2.03. The maximum absolute atomic E-state index is 13.0. The van der Waals surface area contributed by atoms with Crippen LogP contribution in [0.4, 0.5) is 4.39 Å². The topological polar surface area (TPSA) is 17.3 Å². The van der Waals surface area contributed by atoms with Crippen LogP contribution in [0.5, 0.6) is 0 Å². The molecule has 2 nitrogen and oxygen atoms in total. The quantitative estimate of drug-likeness (QED) is 0.622. The summed E-state index contributed by atoms with van der Waals surface area (Å²) in [5, 5.41) is 4.04. The molecule has 2 aromatic heterocycles. The van der Waals surface area contributed by atoms with Crippen molar-refractivity contribution in [1.29, 1.82) is 0 Å². The molecule has 0 aliphatic carbocycles. The molecule has 2 heterocycles. The lowest BCUT2D eigenvalue weighted by molar-refractivity contribution is 0.630. The normalized spacial score (nSPS) is 10.8. The number of hydrogen-bond donors (Lipinski definition) is 0. The van der Waals surface area contributed by atoms with E-state index in [1.807, 2.05) is 0 Å². The lowest BCUT2D eigenvalue weighted by Crippen LogP contribution is -1.88. The zero-order valence-corrected chi connectivity index (χ0v) is 6.92. The summed E-state index contributed by atoms with van der Waals surface area (Å²) in [7, 11) is 0. The van der Waals surface area contributed by atoms with Crippen LogP contribution in [-0.4, -0.2) is 9.61 Å². The molecule has 62 valence electrons. The van der Waals surface area contributed by atoms with Gasteiger partial charge in [0.25, 0.3) is 0 Å². The predicted octanol–water partition coefficient (Wildman–Crippen LogP) is 2.21. The van der Waals surface area contributed by atoms with E-state index in [9.17, 15) is 4.39 Å². The van der Waals surface area contributed by atoms with E-state index in [1.54, 1.807) is 18.3 Å². The highest BCUT2D eigenvalue weighted by Crippen LogP contribution is 2.11. The van der Waals surface area contributed by atoms with Gasteiger partial charge in [0.05, 0.1) is 11.6 Å². The number of nitrogens with zero attached hydrogens (tertiary/aromatic N) is 2. The van der Waals surface area contributed by atoms with Crippen molar-refractivity contribution in [2.75, 3.05) is 0 Å². The van der Waals surface area contributed by atoms with Gasteiger partial charge < -0.3 is 0 Å². The third-order valence-corrected chi connectivity index (χ3v) is 1.91. The molecule has 0 aromatic carbocycles. The zero-order chi connectivity index (χ0) is 8.55. The Hall–Kier alpha value is -1.09. The summed E-state index contributed by atoms with van der Waals surface area (Å²) in [6.45, 7) is 0. The summed E-state index contributed by atoms with van der Waals surface area (Å²) in [6.07, 6.45) is 1.69. The van der Waals surface area contributed by atoms with Gasteiger partial charge in [-0.2, -0.15) is 5.10 Å². The first-order valence-electron chi connectivity index (χ1n) is 3.50. The van der Waals surface area contributed by atoms with Crippen LogP contribution in [0.15, 0.2) is 24.4 Å². The fourth-order valence-corrected chi connectivity index (χ4v) is 1.23. The van der Waals surface area contributed by atoms with E-state index in [2.05, 4.69) is 5.10 Å². The number of halogens is 2. The van der Waals surface area contributed by atoms with Crippen LogP contribution in [0, 0.1) is 5.82 Å². The van der Waals surface area contributed by atoms with Crippen LogP contribution in [-0.2, 0) is 5.88 Å². The maximum atomic E-state index is 13.0. The summed E-state index contributed by atoms with van der Waals surface area (Å²) in [5.41, 5.74) is 1.15. The van der Waals surface area contributed by atoms with E-state index < -0.39 is 0 Å². The van der Waals surface area contributed by atoms with E-state index in [1.165, 1.54) is 10.6 Å². The van der Waals surface area contributed by atoms with E-state index in [-0.39, 0.29) is 5.82 Å². The molecule has 0 unspecified atom stereocenters. The van der Waals surface area contributed by atoms with Gasteiger partial charge in [-0.15, -0.1) is 11.6 Å². The van der Waals surface area contributed by atoms with Crippen LogP contribution >= 0.6 is 11.6 Å². The number of rotatable bonds is 1. The minimum Gasteiger partial charge on any atom is -0.238 e. The van der Waals surface area contributed by atoms with Crippen molar-refractivity contribution in [3.63, 3.8) is 0 Å². The molecule has 0 aliphatic heterocycles. The molecular formula is C8H6ClFN2. The number of alkyl halides is 1. The van der Waals surface area contributed by atoms with Gasteiger partial charge in [0.1, 0.15) is 11.3 Å². The first-order chi connectivity index (χ1) is 5.81. The second-order valence-corrected chi connectivity index (χ2v) is 2.72. The van der Waals surface area contributed by atoms with Crippen LogP contribution in [0.3, 0.4) is 0 Å². The fourth-order valence-electron chi connectivity index (χ4n) is 1.10. The van der Waals surface area contributed by atoms with Crippen molar-refractivity contribution in [1.82, 2.24) is 9.61 Å². The highest BCUT2D eigenvalue weighted by molar-refractivity contribution is 6.16. The van der Waals surface area contributed by atoms with Crippen LogP contribution in [0.25, 0.3) is 5.52 Å². The summed E-state index contributed by atoms with van der Waals surface area (Å²) < 4.78 is 14.5. The molecule has 12 heavy (non-hydrogen) atoms. The second kappa shape index (κ2) is 2.75. The lowest BCUT2D eigenvalue weighted by atomic mass is 10.3. The first kappa shape index (κ1) is 7.55. The van der Waals surface area contributed by atoms with Crippen molar-refractivity contribution in [2.45, 2.75) is 5.88 Å². The van der Waals surface area contributed by atoms with Gasteiger partial charge in [-0.1, -0.05) is 0 Å². The molecule has 0 bridgehead atoms. The zero-order valence-electron chi connectivity index (χ0n) is 6.17. The van der Waals surface area contributed by atoms with Crippen molar-refractivity contribution < 1.29 is 4.39 Å². The Kier molecular flexibility index (Phi) is 1.73. The number of hydrogen-bond acceptors (Lipinski definition) is 1. The molecule has 2 aromatic rings. The van der Waals surface area contributed by atoms with Gasteiger partial charge in [0.15, 0.2) is 0 Å². The summed E-state index contributed by atoms with van der Waals surface area (Å²) in [5.74, 6) is 0.0302. The Labute approximate surface area is 73.6 Å². The van der Waals surface area contributed by atoms with E-state index in [4.69, 9.17) is 11.6 Å². The summed E-state index contributed by atoms with van der Waals surface area (Å²) in [4.78, 5) is 0. The molecule has 0 radical (unpaired) electrons. The first-order valence-corrected chi connectivity index (χ1v) is 4.03. The monoisotopic (exact) mass is 184 g/mol. The largest absolute Gasteiger partial charge is 0.238 e. The van der Waals surface area contributed by atoms with E-state index in [0.29, 0.717) is 17.1 Å². The van der Waals surface area contributed by atoms with Crippen molar-refractivity contribution in [2.24, 2.45) is 0 Å². The number of pyridine rings is 1. The molecule has 2 rings (SSSR count). The van der Waals surface area contributed by atoms with Crippen molar-refractivity contribution in [3.8, 4) is 0 Å². The molecule has 0 fully saturated rings. The van der Waals surface area contributed by atoms with Gasteiger partial charge in [-0.3, -0.25) is 0 Å². The van der Waals surface area contributed by atoms with E-state index in [0.717, 1.165) is 0 Å². The molecule has 0 aliphatic rings. The molecule has 4 heteroatoms. The van der Waals surface area contributed by atoms with E-state index >= 15 is 0 Å². The average Bonchev–Trinajstić information content (AvgIpc) is 2.49. The molecule has 0 amide bonds. The Morgan fingerprint density at radius 3 is 3.08 bits per heavy atom. The molecule has 0 N–H and O–H groups in total. The minimum absolute atomic E-state index is 0.277. The standard InChI is InChI=1S/C8H6ClFN2/c9-5-6-4-8-7(10)2-1-3-12(8)11-6/h1-4H,5H2. The minimum atomic E-state index is -0.277. The Morgan fingerprint density at radius 1 is 1.58 bits per heavy atom. The Balaban J connectivity index is 2.74. The second-order valence-electron chi connectivity index (χ2n) is 2.46. The van der Waals surface area contributed by atoms with Crippen LogP contribution in [0.1, 0.15) is 5.69 Å². The smallest absolute Gasteiger partial charge is 0.148 e. The van der Waals surface area contributed by atoms with Gasteiger partial charge >= 0.3 is 0 Å². The molecule has 0 spiro atoms. The summed E-state index contributed by atoms with van der Waals surface area (Å²) in [6, 6.07) is 4.64. The predicted molar refractivity (Wildman–Crippen MR) is 44.7 cm³/mol. The van der Waals surface area contributed by atoms with Gasteiger partial charge in [0, 0.05) is 6.20 Å². The lowest BCUT2D eigenvalue weighted by Gasteiger charge is -1.91. The third-order valence-electron chi connectivity index (χ3n) is 1.64. The molecular weight excluding hydrogens is 179 g/mol. The molecule has 0 saturated carbocycles. The highest BCUT2D eigenvalue weighted by atomic mass is 35.5. The molecule has 0 saturated heterocycles. The summed E-state index contributed by atoms with van der Waals surface area (Å²) >= 11 is 5.55. The van der Waals surface area contributed by atoms with Crippen LogP contribution in [0.2, 0.25) is 0 Å². The van der Waals surface area contributed by atoms with Gasteiger partial charge in [-0.05, 0) is 18.2 Å². The van der Waals surface area contributed by atoms with Gasteiger partial charge in [-0.25, -0.2) is 8.91 Å². The Bertz CT molecular complexity index is 410. The third kappa shape index (κ3) is 1.06. The Morgan fingerprint density at radius 2 is 2.42 bits per heavy atom. The average molecular weight is 185 g/mol. The number of aromatic nitrogens is 2. The van der Waals surface area contributed by atoms with Crippen LogP contribution < -0.4 is 0 Å². The van der Waals surface area contributed by atoms with Gasteiger partial charge in [0.2, 0.25) is 0 Å². The fraction of sp³-hybridized carbons (Fsp3) is 0.125. The van der Waals surface area contributed by atoms with Crippen molar-refractivity contribution >= 4 is 17.1 Å². The maximum Gasteiger partial charge on any atom is 0.148 e. The number of fused-ring (bicyclic) bond motifs is 1. The SMILES string of the molecule is Fc1cccn2nc(CCl)cc12. The van der Waals surface area contributed by atoms with Crippen molar-refractivity contribution in [3.05, 3.63) is 35.9 Å². The molecule has 0 atom stereocenters.